The maximum absolute atomic E-state index is 12.1. The minimum Gasteiger partial charge on any atom is -0.506 e. The molecule has 4 rings (SSSR count). The summed E-state index contributed by atoms with van der Waals surface area (Å²) in [5.74, 6) is -0.720. The summed E-state index contributed by atoms with van der Waals surface area (Å²) in [5, 5.41) is 21.3. The minimum absolute atomic E-state index is 0.0503. The molecular formula is C20H18N2O5S. The number of anilines is 1. The van der Waals surface area contributed by atoms with E-state index in [0.717, 1.165) is 38.0 Å². The number of phenols is 1. The molecule has 0 atom stereocenters. The molecule has 3 aromatic rings. The van der Waals surface area contributed by atoms with Crippen molar-refractivity contribution in [1.29, 1.82) is 0 Å². The van der Waals surface area contributed by atoms with Crippen LogP contribution in [0.15, 0.2) is 66.7 Å². The molecule has 0 aromatic heterocycles. The topological polar surface area (TPSA) is 99.1 Å². The van der Waals surface area contributed by atoms with Crippen LogP contribution < -0.4 is 9.03 Å². The second-order valence-corrected chi connectivity index (χ2v) is 8.00. The van der Waals surface area contributed by atoms with Gasteiger partial charge in [-0.05, 0) is 51.7 Å². The molecule has 144 valence electrons. The van der Waals surface area contributed by atoms with Gasteiger partial charge in [0.05, 0.1) is 12.8 Å². The van der Waals surface area contributed by atoms with Gasteiger partial charge in [-0.1, -0.05) is 30.3 Å². The number of aliphatic hydroxyl groups is 1. The first-order valence-electron chi connectivity index (χ1n) is 8.45. The number of nitrogens with one attached hydrogen (secondary N) is 1. The molecule has 1 heterocycles. The van der Waals surface area contributed by atoms with Crippen molar-refractivity contribution in [2.45, 2.75) is 6.61 Å². The highest BCUT2D eigenvalue weighted by Gasteiger charge is 2.30. The second-order valence-electron chi connectivity index (χ2n) is 6.45. The molecule has 0 amide bonds. The van der Waals surface area contributed by atoms with Crippen molar-refractivity contribution in [1.82, 2.24) is 4.72 Å². The fourth-order valence-corrected chi connectivity index (χ4v) is 4.28. The third-order valence-corrected chi connectivity index (χ3v) is 5.76. The SMILES string of the molecule is COCc1cccc(-c2ccc3cc(O)c(N4C=C(O)NS4(=O)=O)cc3c2)c1. The molecule has 3 aromatic carbocycles. The number of aliphatic hydroxyl groups excluding tert-OH is 1. The highest BCUT2D eigenvalue weighted by Crippen LogP contribution is 2.37. The quantitative estimate of drug-likeness (QED) is 0.626. The van der Waals surface area contributed by atoms with Crippen molar-refractivity contribution in [3.8, 4) is 16.9 Å². The maximum Gasteiger partial charge on any atom is 0.330 e. The summed E-state index contributed by atoms with van der Waals surface area (Å²) in [7, 11) is -2.34. The van der Waals surface area contributed by atoms with Crippen molar-refractivity contribution < 1.29 is 23.4 Å². The smallest absolute Gasteiger partial charge is 0.330 e. The number of fused-ring (bicyclic) bond motifs is 1. The van der Waals surface area contributed by atoms with Crippen molar-refractivity contribution in [3.63, 3.8) is 0 Å². The molecule has 0 aliphatic carbocycles. The number of methoxy groups -OCH3 is 1. The van der Waals surface area contributed by atoms with E-state index in [1.807, 2.05) is 47.2 Å². The van der Waals surface area contributed by atoms with Gasteiger partial charge in [-0.2, -0.15) is 8.42 Å². The molecule has 0 spiro atoms. The van der Waals surface area contributed by atoms with Gasteiger partial charge in [-0.15, -0.1) is 0 Å². The van der Waals surface area contributed by atoms with Crippen LogP contribution in [-0.2, 0) is 21.6 Å². The summed E-state index contributed by atoms with van der Waals surface area (Å²) in [6, 6.07) is 16.7. The number of phenolic OH excluding ortho intramolecular Hbond substituents is 1. The normalized spacial score (nSPS) is 15.5. The molecular weight excluding hydrogens is 380 g/mol. The third-order valence-electron chi connectivity index (χ3n) is 4.47. The van der Waals surface area contributed by atoms with Crippen LogP contribution >= 0.6 is 0 Å². The largest absolute Gasteiger partial charge is 0.506 e. The van der Waals surface area contributed by atoms with Gasteiger partial charge in [0.2, 0.25) is 5.88 Å². The highest BCUT2D eigenvalue weighted by molar-refractivity contribution is 7.91. The third kappa shape index (κ3) is 3.23. The van der Waals surface area contributed by atoms with E-state index in [-0.39, 0.29) is 11.4 Å². The van der Waals surface area contributed by atoms with Gasteiger partial charge in [0.1, 0.15) is 11.4 Å². The molecule has 1 aliphatic rings. The van der Waals surface area contributed by atoms with Crippen LogP contribution in [0.4, 0.5) is 5.69 Å². The summed E-state index contributed by atoms with van der Waals surface area (Å²) in [5.41, 5.74) is 3.04. The molecule has 3 N–H and O–H groups in total. The Bertz CT molecular complexity index is 1200. The predicted molar refractivity (Wildman–Crippen MR) is 107 cm³/mol. The first-order chi connectivity index (χ1) is 13.4. The standard InChI is InChI=1S/C20H18N2O5S/c1-27-12-13-3-2-4-14(7-13)15-5-6-16-10-19(23)18(9-17(16)8-15)22-11-20(24)21-28(22,25)26/h2-11,21,23-24H,12H2,1H3. The van der Waals surface area contributed by atoms with Gasteiger partial charge in [0, 0.05) is 7.11 Å². The van der Waals surface area contributed by atoms with Crippen molar-refractivity contribution in [2.75, 3.05) is 11.4 Å². The lowest BCUT2D eigenvalue weighted by Gasteiger charge is -2.16. The Morgan fingerprint density at radius 2 is 1.79 bits per heavy atom. The van der Waals surface area contributed by atoms with Gasteiger partial charge in [0.25, 0.3) is 0 Å². The van der Waals surface area contributed by atoms with E-state index in [1.165, 1.54) is 6.07 Å². The Morgan fingerprint density at radius 1 is 1.00 bits per heavy atom. The Balaban J connectivity index is 1.82. The van der Waals surface area contributed by atoms with Crippen LogP contribution in [0.2, 0.25) is 0 Å². The van der Waals surface area contributed by atoms with Crippen LogP contribution in [0, 0.1) is 0 Å². The van der Waals surface area contributed by atoms with Gasteiger partial charge >= 0.3 is 10.2 Å². The lowest BCUT2D eigenvalue weighted by molar-refractivity contribution is 0.185. The molecule has 0 fully saturated rings. The van der Waals surface area contributed by atoms with Gasteiger partial charge in [0.15, 0.2) is 0 Å². The van der Waals surface area contributed by atoms with E-state index in [0.29, 0.717) is 6.61 Å². The van der Waals surface area contributed by atoms with Crippen LogP contribution in [-0.4, -0.2) is 25.7 Å². The molecule has 8 heteroatoms. The first-order valence-corrected chi connectivity index (χ1v) is 9.89. The number of nitrogens with zero attached hydrogens (tertiary/aromatic N) is 1. The number of hydrogen-bond donors (Lipinski definition) is 3. The highest BCUT2D eigenvalue weighted by atomic mass is 32.2. The Labute approximate surface area is 162 Å². The van der Waals surface area contributed by atoms with Crippen molar-refractivity contribution >= 4 is 26.7 Å². The molecule has 0 radical (unpaired) electrons. The monoisotopic (exact) mass is 398 g/mol. The number of rotatable bonds is 4. The molecule has 28 heavy (non-hydrogen) atoms. The number of benzene rings is 3. The first kappa shape index (κ1) is 18.1. The van der Waals surface area contributed by atoms with Crippen LogP contribution in [0.5, 0.6) is 5.75 Å². The zero-order valence-corrected chi connectivity index (χ0v) is 15.8. The number of aromatic hydroxyl groups is 1. The fraction of sp³-hybridized carbons (Fsp3) is 0.100. The average Bonchev–Trinajstić information content (AvgIpc) is 2.93. The second kappa shape index (κ2) is 6.74. The zero-order chi connectivity index (χ0) is 19.9. The van der Waals surface area contributed by atoms with Crippen LogP contribution in [0.1, 0.15) is 5.56 Å². The van der Waals surface area contributed by atoms with E-state index in [2.05, 4.69) is 0 Å². The maximum atomic E-state index is 12.1. The van der Waals surface area contributed by atoms with Crippen molar-refractivity contribution in [3.05, 3.63) is 72.2 Å². The van der Waals surface area contributed by atoms with Crippen LogP contribution in [0.25, 0.3) is 21.9 Å². The lowest BCUT2D eigenvalue weighted by Crippen LogP contribution is -2.29. The van der Waals surface area contributed by atoms with Gasteiger partial charge in [-0.25, -0.2) is 9.03 Å². The van der Waals surface area contributed by atoms with Gasteiger partial charge < -0.3 is 14.9 Å². The minimum atomic E-state index is -3.99. The summed E-state index contributed by atoms with van der Waals surface area (Å²) in [6.45, 7) is 0.509. The Morgan fingerprint density at radius 3 is 2.50 bits per heavy atom. The van der Waals surface area contributed by atoms with E-state index >= 15 is 0 Å². The lowest BCUT2D eigenvalue weighted by atomic mass is 9.99. The molecule has 0 unspecified atom stereocenters. The summed E-state index contributed by atoms with van der Waals surface area (Å²) >= 11 is 0. The van der Waals surface area contributed by atoms with E-state index in [4.69, 9.17) is 4.74 Å². The Hall–Kier alpha value is -3.23. The average molecular weight is 398 g/mol. The fourth-order valence-electron chi connectivity index (χ4n) is 3.22. The van der Waals surface area contributed by atoms with Gasteiger partial charge in [-0.3, -0.25) is 0 Å². The zero-order valence-electron chi connectivity index (χ0n) is 15.0. The van der Waals surface area contributed by atoms with E-state index in [9.17, 15) is 18.6 Å². The molecule has 0 bridgehead atoms. The summed E-state index contributed by atoms with van der Waals surface area (Å²) in [4.78, 5) is 0. The molecule has 1 aliphatic heterocycles. The number of hydrogen-bond acceptors (Lipinski definition) is 5. The Kier molecular flexibility index (Phi) is 4.37. The molecule has 7 nitrogen and oxygen atoms in total. The number of ether oxygens (including phenoxy) is 1. The molecule has 0 saturated heterocycles. The van der Waals surface area contributed by atoms with E-state index < -0.39 is 16.1 Å². The summed E-state index contributed by atoms with van der Waals surface area (Å²) < 4.78 is 32.2. The summed E-state index contributed by atoms with van der Waals surface area (Å²) in [6.07, 6.45) is 1.01. The van der Waals surface area contributed by atoms with Crippen molar-refractivity contribution in [2.24, 2.45) is 0 Å². The predicted octanol–water partition coefficient (Wildman–Crippen LogP) is 3.37. The van der Waals surface area contributed by atoms with Crippen LogP contribution in [0.3, 0.4) is 0 Å². The molecule has 0 saturated carbocycles. The van der Waals surface area contributed by atoms with E-state index in [1.54, 1.807) is 13.2 Å².